The van der Waals surface area contributed by atoms with Crippen molar-refractivity contribution >= 4 is 22.8 Å². The average Bonchev–Trinajstić information content (AvgIpc) is 3.19. The molecule has 31 heavy (non-hydrogen) atoms. The molecule has 5 N–H and O–H groups in total. The van der Waals surface area contributed by atoms with E-state index < -0.39 is 17.6 Å². The summed E-state index contributed by atoms with van der Waals surface area (Å²) in [5.74, 6) is -0.335. The van der Waals surface area contributed by atoms with E-state index in [0.29, 0.717) is 18.7 Å². The maximum Gasteiger partial charge on any atom is 0.300 e. The molecule has 2 atom stereocenters. The van der Waals surface area contributed by atoms with Gasteiger partial charge in [0.15, 0.2) is 0 Å². The summed E-state index contributed by atoms with van der Waals surface area (Å²) in [6, 6.07) is 17.1. The standard InChI is InChI=1S/C21H23N3O3.C2H4O2/c1-27-16-7-8-17-14(11-16)12-18(23-17)20(26)24-21(9-10-22-13-19(21)25)15-5-3-2-4-6-15;1-2(3)4/h2-8,11-12,19,22-23,25H,9-10,13H2,1H3,(H,24,26);1H3,(H,3,4)/t19-,21+;/m1./s1. The topological polar surface area (TPSA) is 124 Å². The maximum absolute atomic E-state index is 13.1. The van der Waals surface area contributed by atoms with E-state index in [1.54, 1.807) is 13.2 Å². The van der Waals surface area contributed by atoms with Gasteiger partial charge in [0.25, 0.3) is 11.9 Å². The number of aliphatic hydroxyl groups is 1. The Morgan fingerprint density at radius 3 is 2.52 bits per heavy atom. The second-order valence-electron chi connectivity index (χ2n) is 7.42. The molecule has 0 aliphatic carbocycles. The van der Waals surface area contributed by atoms with E-state index in [1.807, 2.05) is 48.5 Å². The number of aromatic amines is 1. The first-order chi connectivity index (χ1) is 14.9. The maximum atomic E-state index is 13.1. The number of aromatic nitrogens is 1. The number of β-amino-alcohol motifs (C(OH)–C–C–N with tert-alkyl or cyclic N) is 1. The van der Waals surface area contributed by atoms with Crippen molar-refractivity contribution in [3.63, 3.8) is 0 Å². The van der Waals surface area contributed by atoms with E-state index >= 15 is 0 Å². The number of hydrogen-bond acceptors (Lipinski definition) is 5. The molecule has 0 spiro atoms. The first kappa shape index (κ1) is 22.3. The van der Waals surface area contributed by atoms with E-state index in [0.717, 1.165) is 35.7 Å². The van der Waals surface area contributed by atoms with E-state index in [1.165, 1.54) is 0 Å². The van der Waals surface area contributed by atoms with Crippen LogP contribution < -0.4 is 15.4 Å². The Hall–Kier alpha value is -3.36. The zero-order valence-corrected chi connectivity index (χ0v) is 17.5. The van der Waals surface area contributed by atoms with E-state index in [4.69, 9.17) is 14.6 Å². The number of aliphatic carboxylic acids is 1. The lowest BCUT2D eigenvalue weighted by Crippen LogP contribution is -2.61. The highest BCUT2D eigenvalue weighted by atomic mass is 16.5. The molecule has 0 saturated carbocycles. The summed E-state index contributed by atoms with van der Waals surface area (Å²) in [6.07, 6.45) is -0.111. The monoisotopic (exact) mass is 425 g/mol. The van der Waals surface area contributed by atoms with Gasteiger partial charge < -0.3 is 30.6 Å². The number of nitrogens with one attached hydrogen (secondary N) is 3. The van der Waals surface area contributed by atoms with Crippen LogP contribution in [0, 0.1) is 0 Å². The van der Waals surface area contributed by atoms with Crippen molar-refractivity contribution in [2.75, 3.05) is 20.2 Å². The van der Waals surface area contributed by atoms with Gasteiger partial charge in [0.2, 0.25) is 0 Å². The van der Waals surface area contributed by atoms with Crippen LogP contribution >= 0.6 is 0 Å². The summed E-state index contributed by atoms with van der Waals surface area (Å²) in [5, 5.41) is 25.4. The number of H-pyrrole nitrogens is 1. The molecule has 1 aliphatic rings. The highest BCUT2D eigenvalue weighted by molar-refractivity contribution is 5.98. The predicted molar refractivity (Wildman–Crippen MR) is 117 cm³/mol. The molecular weight excluding hydrogens is 398 g/mol. The normalized spacial score (nSPS) is 20.4. The molecule has 1 saturated heterocycles. The molecular formula is C23H27N3O5. The second-order valence-corrected chi connectivity index (χ2v) is 7.42. The molecule has 0 radical (unpaired) electrons. The zero-order valence-electron chi connectivity index (χ0n) is 17.5. The smallest absolute Gasteiger partial charge is 0.300 e. The van der Waals surface area contributed by atoms with Crippen molar-refractivity contribution < 1.29 is 24.5 Å². The zero-order chi connectivity index (χ0) is 22.4. The summed E-state index contributed by atoms with van der Waals surface area (Å²) >= 11 is 0. The number of hydrogen-bond donors (Lipinski definition) is 5. The van der Waals surface area contributed by atoms with Crippen LogP contribution in [0.5, 0.6) is 5.75 Å². The quantitative estimate of drug-likeness (QED) is 0.437. The van der Waals surface area contributed by atoms with Crippen LogP contribution in [0.2, 0.25) is 0 Å². The van der Waals surface area contributed by atoms with Crippen molar-refractivity contribution in [3.8, 4) is 5.75 Å². The molecule has 2 heterocycles. The molecule has 1 aromatic heterocycles. The third-order valence-electron chi connectivity index (χ3n) is 5.30. The lowest BCUT2D eigenvalue weighted by Gasteiger charge is -2.42. The fraction of sp³-hybridized carbons (Fsp3) is 0.304. The van der Waals surface area contributed by atoms with Crippen LogP contribution in [0.1, 0.15) is 29.4 Å². The second kappa shape index (κ2) is 9.63. The van der Waals surface area contributed by atoms with Gasteiger partial charge in [0.1, 0.15) is 11.4 Å². The Balaban J connectivity index is 0.000000628. The number of amides is 1. The van der Waals surface area contributed by atoms with Gasteiger partial charge in [0.05, 0.1) is 18.8 Å². The number of carbonyl (C=O) groups is 2. The number of carboxylic acids is 1. The number of piperidine rings is 1. The number of methoxy groups -OCH3 is 1. The van der Waals surface area contributed by atoms with E-state index in [9.17, 15) is 9.90 Å². The van der Waals surface area contributed by atoms with Crippen LogP contribution in [-0.4, -0.2) is 53.4 Å². The number of rotatable bonds is 4. The molecule has 8 heteroatoms. The van der Waals surface area contributed by atoms with Crippen molar-refractivity contribution in [2.45, 2.75) is 25.0 Å². The molecule has 1 amide bonds. The minimum atomic E-state index is -0.833. The molecule has 164 valence electrons. The minimum Gasteiger partial charge on any atom is -0.497 e. The molecule has 1 fully saturated rings. The van der Waals surface area contributed by atoms with Gasteiger partial charge in [-0.25, -0.2) is 0 Å². The number of ether oxygens (including phenoxy) is 1. The van der Waals surface area contributed by atoms with Gasteiger partial charge in [0, 0.05) is 24.4 Å². The molecule has 0 unspecified atom stereocenters. The van der Waals surface area contributed by atoms with Crippen LogP contribution in [-0.2, 0) is 10.3 Å². The Morgan fingerprint density at radius 2 is 1.87 bits per heavy atom. The number of carbonyl (C=O) groups excluding carboxylic acids is 1. The summed E-state index contributed by atoms with van der Waals surface area (Å²) in [5.41, 5.74) is 1.41. The molecule has 2 aromatic carbocycles. The van der Waals surface area contributed by atoms with Gasteiger partial charge in [-0.3, -0.25) is 9.59 Å². The van der Waals surface area contributed by atoms with Crippen LogP contribution in [0.15, 0.2) is 54.6 Å². The average molecular weight is 425 g/mol. The Kier molecular flexibility index (Phi) is 6.94. The molecule has 3 aromatic rings. The van der Waals surface area contributed by atoms with Gasteiger partial charge in [-0.2, -0.15) is 0 Å². The molecule has 1 aliphatic heterocycles. The largest absolute Gasteiger partial charge is 0.497 e. The molecule has 4 rings (SSSR count). The first-order valence-corrected chi connectivity index (χ1v) is 9.99. The van der Waals surface area contributed by atoms with E-state index in [2.05, 4.69) is 15.6 Å². The lowest BCUT2D eigenvalue weighted by atomic mass is 9.79. The SMILES string of the molecule is CC(=O)O.COc1ccc2[nH]c(C(=O)N[C@]3(c4ccccc4)CCNC[C@H]3O)cc2c1. The van der Waals surface area contributed by atoms with Crippen molar-refractivity contribution in [1.82, 2.24) is 15.6 Å². The van der Waals surface area contributed by atoms with Gasteiger partial charge in [-0.1, -0.05) is 30.3 Å². The third-order valence-corrected chi connectivity index (χ3v) is 5.30. The third kappa shape index (κ3) is 5.04. The summed E-state index contributed by atoms with van der Waals surface area (Å²) in [7, 11) is 1.61. The Bertz CT molecular complexity index is 1050. The van der Waals surface area contributed by atoms with Crippen molar-refractivity contribution in [3.05, 3.63) is 65.9 Å². The minimum absolute atomic E-state index is 0.241. The summed E-state index contributed by atoms with van der Waals surface area (Å²) in [4.78, 5) is 25.2. The highest BCUT2D eigenvalue weighted by Gasteiger charge is 2.43. The number of carboxylic acid groups (broad SMARTS) is 1. The number of benzene rings is 2. The number of fused-ring (bicyclic) bond motifs is 1. The van der Waals surface area contributed by atoms with Crippen LogP contribution in [0.25, 0.3) is 10.9 Å². The molecule has 0 bridgehead atoms. The summed E-state index contributed by atoms with van der Waals surface area (Å²) in [6.45, 7) is 2.23. The first-order valence-electron chi connectivity index (χ1n) is 9.99. The summed E-state index contributed by atoms with van der Waals surface area (Å²) < 4.78 is 5.25. The van der Waals surface area contributed by atoms with Crippen molar-refractivity contribution in [2.24, 2.45) is 0 Å². The molecule has 8 nitrogen and oxygen atoms in total. The van der Waals surface area contributed by atoms with E-state index in [-0.39, 0.29) is 5.91 Å². The van der Waals surface area contributed by atoms with Gasteiger partial charge in [-0.15, -0.1) is 0 Å². The Labute approximate surface area is 180 Å². The van der Waals surface area contributed by atoms with Crippen molar-refractivity contribution in [1.29, 1.82) is 0 Å². The number of aliphatic hydroxyl groups excluding tert-OH is 1. The van der Waals surface area contributed by atoms with Crippen LogP contribution in [0.4, 0.5) is 0 Å². The lowest BCUT2D eigenvalue weighted by molar-refractivity contribution is -0.134. The van der Waals surface area contributed by atoms with Crippen LogP contribution in [0.3, 0.4) is 0 Å². The van der Waals surface area contributed by atoms with Gasteiger partial charge >= 0.3 is 0 Å². The highest BCUT2D eigenvalue weighted by Crippen LogP contribution is 2.32. The fourth-order valence-electron chi connectivity index (χ4n) is 3.79. The van der Waals surface area contributed by atoms with Gasteiger partial charge in [-0.05, 0) is 42.8 Å². The predicted octanol–water partition coefficient (Wildman–Crippen LogP) is 2.25. The fourth-order valence-corrected chi connectivity index (χ4v) is 3.79. The Morgan fingerprint density at radius 1 is 1.16 bits per heavy atom.